The Morgan fingerprint density at radius 2 is 2.12 bits per heavy atom. The molecule has 0 saturated heterocycles. The molecule has 0 spiro atoms. The van der Waals surface area contributed by atoms with Crippen LogP contribution >= 0.6 is 11.6 Å². The van der Waals surface area contributed by atoms with Crippen LogP contribution in [-0.2, 0) is 11.0 Å². The van der Waals surface area contributed by atoms with Crippen LogP contribution < -0.4 is 11.1 Å². The van der Waals surface area contributed by atoms with Gasteiger partial charge in [-0.05, 0) is 11.6 Å². The van der Waals surface area contributed by atoms with Crippen LogP contribution in [0, 0.1) is 0 Å². The highest BCUT2D eigenvalue weighted by molar-refractivity contribution is 6.28. The second-order valence-corrected chi connectivity index (χ2v) is 3.06. The standard InChI is InChI=1S/C7H6ClF3N4O/c8-6-14-3(7(9,10)11)1-5(15-6)13-2-4(12)16/h1H,2H2,(H2,12,16)(H,13,14,15). The van der Waals surface area contributed by atoms with E-state index in [1.165, 1.54) is 0 Å². The maximum absolute atomic E-state index is 12.3. The number of amides is 1. The average Bonchev–Trinajstić information content (AvgIpc) is 2.12. The monoisotopic (exact) mass is 254 g/mol. The molecule has 1 heterocycles. The fraction of sp³-hybridized carbons (Fsp3) is 0.286. The van der Waals surface area contributed by atoms with Gasteiger partial charge in [0.15, 0.2) is 5.69 Å². The second kappa shape index (κ2) is 4.52. The third kappa shape index (κ3) is 3.54. The molecule has 0 radical (unpaired) electrons. The lowest BCUT2D eigenvalue weighted by Crippen LogP contribution is -2.22. The predicted octanol–water partition coefficient (Wildman–Crippen LogP) is 1.05. The van der Waals surface area contributed by atoms with Gasteiger partial charge in [0.05, 0.1) is 6.54 Å². The summed E-state index contributed by atoms with van der Waals surface area (Å²) in [5.74, 6) is -0.950. The number of alkyl halides is 3. The first kappa shape index (κ1) is 12.5. The predicted molar refractivity (Wildman–Crippen MR) is 49.7 cm³/mol. The largest absolute Gasteiger partial charge is 0.433 e. The summed E-state index contributed by atoms with van der Waals surface area (Å²) in [6.45, 7) is -0.343. The van der Waals surface area contributed by atoms with E-state index in [1.807, 2.05) is 0 Å². The summed E-state index contributed by atoms with van der Waals surface area (Å²) in [6.07, 6.45) is -4.63. The quantitative estimate of drug-likeness (QED) is 0.790. The molecule has 1 aromatic rings. The van der Waals surface area contributed by atoms with Crippen molar-refractivity contribution in [1.82, 2.24) is 9.97 Å². The van der Waals surface area contributed by atoms with E-state index in [0.29, 0.717) is 6.07 Å². The molecule has 0 unspecified atom stereocenters. The number of nitrogens with one attached hydrogen (secondary N) is 1. The van der Waals surface area contributed by atoms with E-state index >= 15 is 0 Å². The summed E-state index contributed by atoms with van der Waals surface area (Å²) < 4.78 is 36.8. The number of anilines is 1. The first-order chi connectivity index (χ1) is 7.29. The number of rotatable bonds is 3. The number of halogens is 4. The van der Waals surface area contributed by atoms with Crippen LogP contribution in [0.2, 0.25) is 5.28 Å². The van der Waals surface area contributed by atoms with Crippen LogP contribution in [0.15, 0.2) is 6.07 Å². The topological polar surface area (TPSA) is 80.9 Å². The lowest BCUT2D eigenvalue weighted by molar-refractivity contribution is -0.141. The van der Waals surface area contributed by atoms with E-state index in [9.17, 15) is 18.0 Å². The Hall–Kier alpha value is -1.57. The summed E-state index contributed by atoms with van der Waals surface area (Å²) in [4.78, 5) is 16.9. The lowest BCUT2D eigenvalue weighted by atomic mass is 10.4. The average molecular weight is 255 g/mol. The van der Waals surface area contributed by atoms with Gasteiger partial charge >= 0.3 is 6.18 Å². The van der Waals surface area contributed by atoms with Crippen LogP contribution in [0.4, 0.5) is 19.0 Å². The van der Waals surface area contributed by atoms with Crippen LogP contribution in [0.25, 0.3) is 0 Å². The van der Waals surface area contributed by atoms with Gasteiger partial charge in [-0.3, -0.25) is 4.79 Å². The number of nitrogens with two attached hydrogens (primary N) is 1. The van der Waals surface area contributed by atoms with E-state index in [4.69, 9.17) is 17.3 Å². The molecule has 5 nitrogen and oxygen atoms in total. The molecule has 16 heavy (non-hydrogen) atoms. The van der Waals surface area contributed by atoms with Gasteiger partial charge in [-0.2, -0.15) is 13.2 Å². The zero-order valence-electron chi connectivity index (χ0n) is 7.68. The van der Waals surface area contributed by atoms with Crippen molar-refractivity contribution >= 4 is 23.3 Å². The van der Waals surface area contributed by atoms with Gasteiger partial charge in [0.25, 0.3) is 0 Å². The highest BCUT2D eigenvalue weighted by atomic mass is 35.5. The molecule has 0 fully saturated rings. The minimum absolute atomic E-state index is 0.217. The van der Waals surface area contributed by atoms with Gasteiger partial charge in [-0.25, -0.2) is 9.97 Å². The Morgan fingerprint density at radius 3 is 2.62 bits per heavy atom. The van der Waals surface area contributed by atoms with Gasteiger partial charge in [0, 0.05) is 6.07 Å². The van der Waals surface area contributed by atoms with Gasteiger partial charge in [0.1, 0.15) is 5.82 Å². The van der Waals surface area contributed by atoms with E-state index in [0.717, 1.165) is 0 Å². The maximum Gasteiger partial charge on any atom is 0.433 e. The first-order valence-corrected chi connectivity index (χ1v) is 4.31. The van der Waals surface area contributed by atoms with E-state index in [-0.39, 0.29) is 12.4 Å². The van der Waals surface area contributed by atoms with E-state index in [2.05, 4.69) is 15.3 Å². The highest BCUT2D eigenvalue weighted by Gasteiger charge is 2.33. The Balaban J connectivity index is 2.94. The second-order valence-electron chi connectivity index (χ2n) is 2.73. The van der Waals surface area contributed by atoms with Crippen molar-refractivity contribution in [1.29, 1.82) is 0 Å². The molecule has 9 heteroatoms. The van der Waals surface area contributed by atoms with Gasteiger partial charge in [0.2, 0.25) is 11.2 Å². The molecule has 1 amide bonds. The fourth-order valence-electron chi connectivity index (χ4n) is 0.831. The Bertz CT molecular complexity index is 409. The zero-order valence-corrected chi connectivity index (χ0v) is 8.43. The molecular weight excluding hydrogens is 249 g/mol. The van der Waals surface area contributed by atoms with Crippen LogP contribution in [0.5, 0.6) is 0 Å². The Morgan fingerprint density at radius 1 is 1.50 bits per heavy atom. The molecule has 3 N–H and O–H groups in total. The number of nitrogens with zero attached hydrogens (tertiary/aromatic N) is 2. The molecule has 0 saturated carbocycles. The van der Waals surface area contributed by atoms with Crippen molar-refractivity contribution < 1.29 is 18.0 Å². The van der Waals surface area contributed by atoms with Crippen LogP contribution in [0.1, 0.15) is 5.69 Å². The van der Waals surface area contributed by atoms with Crippen molar-refractivity contribution in [2.45, 2.75) is 6.18 Å². The molecule has 0 atom stereocenters. The van der Waals surface area contributed by atoms with Crippen molar-refractivity contribution in [2.75, 3.05) is 11.9 Å². The molecule has 1 aromatic heterocycles. The normalized spacial score (nSPS) is 11.2. The summed E-state index contributed by atoms with van der Waals surface area (Å²) in [5, 5.41) is 1.72. The van der Waals surface area contributed by atoms with Gasteiger partial charge in [-0.1, -0.05) is 0 Å². The number of aromatic nitrogens is 2. The van der Waals surface area contributed by atoms with Crippen LogP contribution in [-0.4, -0.2) is 22.4 Å². The fourth-order valence-corrected chi connectivity index (χ4v) is 1.01. The molecule has 0 bridgehead atoms. The third-order valence-electron chi connectivity index (χ3n) is 1.43. The lowest BCUT2D eigenvalue weighted by Gasteiger charge is -2.08. The van der Waals surface area contributed by atoms with Crippen molar-refractivity contribution in [3.63, 3.8) is 0 Å². The van der Waals surface area contributed by atoms with Crippen molar-refractivity contribution in [3.05, 3.63) is 17.0 Å². The van der Waals surface area contributed by atoms with E-state index in [1.54, 1.807) is 0 Å². The minimum atomic E-state index is -4.63. The summed E-state index contributed by atoms with van der Waals surface area (Å²) in [6, 6.07) is 0.634. The molecule has 0 aliphatic carbocycles. The summed E-state index contributed by atoms with van der Waals surface area (Å²) >= 11 is 5.29. The molecule has 0 aliphatic heterocycles. The third-order valence-corrected chi connectivity index (χ3v) is 1.60. The number of primary amides is 1. The number of carbonyl (C=O) groups is 1. The van der Waals surface area contributed by atoms with Crippen LogP contribution in [0.3, 0.4) is 0 Å². The number of hydrogen-bond acceptors (Lipinski definition) is 4. The molecule has 1 rings (SSSR count). The van der Waals surface area contributed by atoms with Crippen molar-refractivity contribution in [3.8, 4) is 0 Å². The zero-order chi connectivity index (χ0) is 12.3. The summed E-state index contributed by atoms with van der Waals surface area (Å²) in [7, 11) is 0. The number of carbonyl (C=O) groups excluding carboxylic acids is 1. The Kier molecular flexibility index (Phi) is 3.53. The van der Waals surface area contributed by atoms with Gasteiger partial charge in [-0.15, -0.1) is 0 Å². The molecule has 0 aliphatic rings. The van der Waals surface area contributed by atoms with Crippen molar-refractivity contribution in [2.24, 2.45) is 5.73 Å². The molecule has 0 aromatic carbocycles. The molecule has 88 valence electrons. The smallest absolute Gasteiger partial charge is 0.368 e. The van der Waals surface area contributed by atoms with E-state index < -0.39 is 23.1 Å². The highest BCUT2D eigenvalue weighted by Crippen LogP contribution is 2.29. The SMILES string of the molecule is NC(=O)CNc1cc(C(F)(F)F)nc(Cl)n1. The number of hydrogen-bond donors (Lipinski definition) is 2. The van der Waals surface area contributed by atoms with Gasteiger partial charge < -0.3 is 11.1 Å². The molecular formula is C7H6ClF3N4O. The maximum atomic E-state index is 12.3. The summed E-state index contributed by atoms with van der Waals surface area (Å²) in [5.41, 5.74) is 3.61. The minimum Gasteiger partial charge on any atom is -0.368 e. The Labute approximate surface area is 92.8 Å². The first-order valence-electron chi connectivity index (χ1n) is 3.93.